The summed E-state index contributed by atoms with van der Waals surface area (Å²) in [4.78, 5) is 12.3. The molecule has 1 N–H and O–H groups in total. The number of nitrogens with one attached hydrogen (secondary N) is 1. The number of aromatic nitrogens is 3. The van der Waals surface area contributed by atoms with E-state index < -0.39 is 39.1 Å². The average molecular weight is 493 g/mol. The Hall–Kier alpha value is -2.63. The van der Waals surface area contributed by atoms with Crippen LogP contribution in [-0.4, -0.2) is 29.3 Å². The molecular formula is C18H13Cl2F3N4O3S. The zero-order chi connectivity index (χ0) is 23.0. The quantitative estimate of drug-likeness (QED) is 0.573. The summed E-state index contributed by atoms with van der Waals surface area (Å²) in [6, 6.07) is 8.48. The molecule has 1 aromatic heterocycles. The Bertz CT molecular complexity index is 1260. The maximum atomic E-state index is 13.5. The number of nitrogens with zero attached hydrogens (tertiary/aromatic N) is 3. The Kier molecular flexibility index (Phi) is 6.30. The van der Waals surface area contributed by atoms with Gasteiger partial charge in [-0.25, -0.2) is 17.8 Å². The van der Waals surface area contributed by atoms with Crippen LogP contribution in [0.4, 0.5) is 13.2 Å². The van der Waals surface area contributed by atoms with Gasteiger partial charge in [0.2, 0.25) is 0 Å². The molecule has 0 atom stereocenters. The zero-order valence-corrected chi connectivity index (χ0v) is 17.9. The standard InChI is InChI=1S/C18H13Cl2F3N4O3S/c1-2-13-16(17(28)25-31(29,30)15-6-4-3-5-12(15)20)24-26-27(13)14-8-7-10(19)9-11(14)18(21,22)23/h3-9H,2H2,1H3,(H,25,28). The van der Waals surface area contributed by atoms with Gasteiger partial charge in [-0.15, -0.1) is 5.10 Å². The maximum Gasteiger partial charge on any atom is 0.418 e. The van der Waals surface area contributed by atoms with Gasteiger partial charge in [0.1, 0.15) is 4.90 Å². The Morgan fingerprint density at radius 2 is 1.84 bits per heavy atom. The summed E-state index contributed by atoms with van der Waals surface area (Å²) in [6.07, 6.45) is -4.73. The smallest absolute Gasteiger partial charge is 0.266 e. The summed E-state index contributed by atoms with van der Waals surface area (Å²) in [7, 11) is -4.36. The Balaban J connectivity index is 2.04. The van der Waals surface area contributed by atoms with E-state index in [4.69, 9.17) is 23.2 Å². The van der Waals surface area contributed by atoms with Crippen LogP contribution in [0.2, 0.25) is 10.0 Å². The van der Waals surface area contributed by atoms with E-state index in [0.717, 1.165) is 16.8 Å². The first-order valence-electron chi connectivity index (χ1n) is 8.59. The minimum atomic E-state index is -4.76. The molecule has 3 aromatic rings. The summed E-state index contributed by atoms with van der Waals surface area (Å²) in [5.74, 6) is -1.16. The monoisotopic (exact) mass is 492 g/mol. The van der Waals surface area contributed by atoms with Gasteiger partial charge in [0.25, 0.3) is 15.9 Å². The third-order valence-electron chi connectivity index (χ3n) is 4.16. The van der Waals surface area contributed by atoms with Crippen LogP contribution in [0.5, 0.6) is 0 Å². The van der Waals surface area contributed by atoms with Crippen molar-refractivity contribution < 1.29 is 26.4 Å². The van der Waals surface area contributed by atoms with E-state index >= 15 is 0 Å². The number of hydrogen-bond acceptors (Lipinski definition) is 5. The van der Waals surface area contributed by atoms with E-state index in [1.807, 2.05) is 4.72 Å². The van der Waals surface area contributed by atoms with Gasteiger partial charge in [0, 0.05) is 5.02 Å². The number of amides is 1. The summed E-state index contributed by atoms with van der Waals surface area (Å²) < 4.78 is 68.1. The van der Waals surface area contributed by atoms with Crippen LogP contribution in [0.1, 0.15) is 28.7 Å². The molecule has 0 radical (unpaired) electrons. The molecule has 0 unspecified atom stereocenters. The molecule has 0 aliphatic carbocycles. The highest BCUT2D eigenvalue weighted by molar-refractivity contribution is 7.90. The number of rotatable bonds is 5. The fourth-order valence-electron chi connectivity index (χ4n) is 2.80. The zero-order valence-electron chi connectivity index (χ0n) is 15.6. The average Bonchev–Trinajstić information content (AvgIpc) is 3.11. The molecule has 2 aromatic carbocycles. The van der Waals surface area contributed by atoms with Crippen LogP contribution in [-0.2, 0) is 22.6 Å². The van der Waals surface area contributed by atoms with E-state index in [0.29, 0.717) is 0 Å². The minimum absolute atomic E-state index is 0.0281. The highest BCUT2D eigenvalue weighted by Gasteiger charge is 2.36. The first-order chi connectivity index (χ1) is 14.5. The van der Waals surface area contributed by atoms with Crippen molar-refractivity contribution in [3.8, 4) is 5.69 Å². The molecule has 7 nitrogen and oxygen atoms in total. The predicted octanol–water partition coefficient (Wildman–Crippen LogP) is 4.27. The van der Waals surface area contributed by atoms with Crippen LogP contribution >= 0.6 is 23.2 Å². The van der Waals surface area contributed by atoms with Gasteiger partial charge in [0.05, 0.1) is 22.0 Å². The van der Waals surface area contributed by atoms with Gasteiger partial charge < -0.3 is 0 Å². The predicted molar refractivity (Wildman–Crippen MR) is 107 cm³/mol. The molecule has 13 heteroatoms. The summed E-state index contributed by atoms with van der Waals surface area (Å²) in [5, 5.41) is 7.00. The Morgan fingerprint density at radius 1 is 1.16 bits per heavy atom. The van der Waals surface area contributed by atoms with Crippen LogP contribution < -0.4 is 4.72 Å². The minimum Gasteiger partial charge on any atom is -0.266 e. The van der Waals surface area contributed by atoms with E-state index in [9.17, 15) is 26.4 Å². The molecule has 0 bridgehead atoms. The molecule has 0 fully saturated rings. The molecule has 0 saturated heterocycles. The number of sulfonamides is 1. The normalized spacial score (nSPS) is 12.1. The fraction of sp³-hybridized carbons (Fsp3) is 0.167. The summed E-state index contributed by atoms with van der Waals surface area (Å²) in [5.41, 5.74) is -1.97. The Labute approximate surface area is 184 Å². The molecule has 164 valence electrons. The molecule has 1 heterocycles. The van der Waals surface area contributed by atoms with E-state index in [1.165, 1.54) is 30.3 Å². The lowest BCUT2D eigenvalue weighted by Crippen LogP contribution is -2.31. The van der Waals surface area contributed by atoms with Crippen molar-refractivity contribution in [3.63, 3.8) is 0 Å². The van der Waals surface area contributed by atoms with E-state index in [1.54, 1.807) is 6.92 Å². The first-order valence-corrected chi connectivity index (χ1v) is 10.8. The van der Waals surface area contributed by atoms with E-state index in [2.05, 4.69) is 10.3 Å². The van der Waals surface area contributed by atoms with Gasteiger partial charge in [-0.1, -0.05) is 47.5 Å². The number of carbonyl (C=O) groups excluding carboxylic acids is 1. The van der Waals surface area contributed by atoms with Crippen molar-refractivity contribution in [1.82, 2.24) is 19.7 Å². The molecule has 0 saturated carbocycles. The molecular weight excluding hydrogens is 480 g/mol. The van der Waals surface area contributed by atoms with Gasteiger partial charge in [0.15, 0.2) is 5.69 Å². The van der Waals surface area contributed by atoms with Crippen molar-refractivity contribution >= 4 is 39.1 Å². The van der Waals surface area contributed by atoms with Crippen LogP contribution in [0, 0.1) is 0 Å². The second-order valence-electron chi connectivity index (χ2n) is 6.17. The third-order valence-corrected chi connectivity index (χ3v) is 6.22. The number of benzene rings is 2. The SMILES string of the molecule is CCc1c(C(=O)NS(=O)(=O)c2ccccc2Cl)nnn1-c1ccc(Cl)cc1C(F)(F)F. The fourth-order valence-corrected chi connectivity index (χ4v) is 4.44. The topological polar surface area (TPSA) is 93.9 Å². The largest absolute Gasteiger partial charge is 0.418 e. The van der Waals surface area contributed by atoms with Crippen molar-refractivity contribution in [2.75, 3.05) is 0 Å². The van der Waals surface area contributed by atoms with Crippen LogP contribution in [0.3, 0.4) is 0 Å². The first kappa shape index (κ1) is 23.0. The lowest BCUT2D eigenvalue weighted by atomic mass is 10.1. The molecule has 31 heavy (non-hydrogen) atoms. The second-order valence-corrected chi connectivity index (χ2v) is 8.67. The second kappa shape index (κ2) is 8.48. The van der Waals surface area contributed by atoms with Gasteiger partial charge >= 0.3 is 6.18 Å². The molecule has 0 aliphatic heterocycles. The molecule has 0 aliphatic rings. The highest BCUT2D eigenvalue weighted by atomic mass is 35.5. The van der Waals surface area contributed by atoms with Crippen molar-refractivity contribution in [2.45, 2.75) is 24.4 Å². The van der Waals surface area contributed by atoms with Crippen molar-refractivity contribution in [3.05, 3.63) is 69.5 Å². The summed E-state index contributed by atoms with van der Waals surface area (Å²) >= 11 is 11.6. The van der Waals surface area contributed by atoms with Gasteiger partial charge in [-0.3, -0.25) is 4.79 Å². The number of carbonyl (C=O) groups is 1. The molecule has 0 spiro atoms. The lowest BCUT2D eigenvalue weighted by Gasteiger charge is -2.14. The van der Waals surface area contributed by atoms with Crippen LogP contribution in [0.15, 0.2) is 47.4 Å². The van der Waals surface area contributed by atoms with Gasteiger partial charge in [-0.05, 0) is 36.8 Å². The van der Waals surface area contributed by atoms with Crippen LogP contribution in [0.25, 0.3) is 5.69 Å². The summed E-state index contributed by atoms with van der Waals surface area (Å²) in [6.45, 7) is 1.55. The maximum absolute atomic E-state index is 13.5. The van der Waals surface area contributed by atoms with Gasteiger partial charge in [-0.2, -0.15) is 13.2 Å². The highest BCUT2D eigenvalue weighted by Crippen LogP contribution is 2.36. The Morgan fingerprint density at radius 3 is 2.45 bits per heavy atom. The molecule has 1 amide bonds. The number of hydrogen-bond donors (Lipinski definition) is 1. The third kappa shape index (κ3) is 4.68. The van der Waals surface area contributed by atoms with Crippen molar-refractivity contribution in [2.24, 2.45) is 0 Å². The van der Waals surface area contributed by atoms with Crippen molar-refractivity contribution in [1.29, 1.82) is 0 Å². The molecule has 3 rings (SSSR count). The number of alkyl halides is 3. The van der Waals surface area contributed by atoms with E-state index in [-0.39, 0.29) is 27.1 Å². The number of halogens is 5. The lowest BCUT2D eigenvalue weighted by molar-refractivity contribution is -0.137.